The maximum atomic E-state index is 12.8. The Morgan fingerprint density at radius 3 is 2.33 bits per heavy atom. The molecule has 0 saturated carbocycles. The van der Waals surface area contributed by atoms with Crippen LogP contribution in [0.15, 0.2) is 71.8 Å². The standard InChI is InChI=1S/C22H20N6O2/c1-14(2)18(22-27-20(28-30-22)16-9-6-10-23-11-16)26-21(29)17-12-24-19(25-13-17)15-7-4-3-5-8-15/h3-14,18H,1-2H3,(H,26,29). The number of nitrogens with one attached hydrogen (secondary N) is 1. The molecule has 0 fully saturated rings. The molecule has 1 atom stereocenters. The van der Waals surface area contributed by atoms with Crippen LogP contribution in [-0.2, 0) is 0 Å². The molecule has 8 nitrogen and oxygen atoms in total. The van der Waals surface area contributed by atoms with Crippen LogP contribution >= 0.6 is 0 Å². The third-order valence-corrected chi connectivity index (χ3v) is 4.53. The van der Waals surface area contributed by atoms with Crippen molar-refractivity contribution in [2.75, 3.05) is 0 Å². The van der Waals surface area contributed by atoms with E-state index < -0.39 is 6.04 Å². The van der Waals surface area contributed by atoms with Crippen molar-refractivity contribution in [3.8, 4) is 22.8 Å². The van der Waals surface area contributed by atoms with Crippen LogP contribution < -0.4 is 5.32 Å². The van der Waals surface area contributed by atoms with Gasteiger partial charge in [0.05, 0.1) is 5.56 Å². The molecule has 8 heteroatoms. The summed E-state index contributed by atoms with van der Waals surface area (Å²) in [7, 11) is 0. The van der Waals surface area contributed by atoms with Gasteiger partial charge in [0.15, 0.2) is 5.82 Å². The zero-order valence-electron chi connectivity index (χ0n) is 16.6. The van der Waals surface area contributed by atoms with Crippen molar-refractivity contribution in [2.24, 2.45) is 5.92 Å². The summed E-state index contributed by atoms with van der Waals surface area (Å²) in [6.45, 7) is 3.93. The van der Waals surface area contributed by atoms with E-state index >= 15 is 0 Å². The van der Waals surface area contributed by atoms with E-state index in [1.807, 2.05) is 50.2 Å². The minimum Gasteiger partial charge on any atom is -0.340 e. The van der Waals surface area contributed by atoms with Crippen LogP contribution in [0, 0.1) is 5.92 Å². The molecule has 3 aromatic heterocycles. The summed E-state index contributed by atoms with van der Waals surface area (Å²) in [5, 5.41) is 6.96. The summed E-state index contributed by atoms with van der Waals surface area (Å²) in [5.74, 6) is 1.04. The van der Waals surface area contributed by atoms with Gasteiger partial charge in [-0.2, -0.15) is 4.98 Å². The molecule has 4 aromatic rings. The summed E-state index contributed by atoms with van der Waals surface area (Å²) in [6.07, 6.45) is 6.35. The Bertz CT molecular complexity index is 1110. The molecule has 1 aromatic carbocycles. The molecule has 0 aliphatic heterocycles. The lowest BCUT2D eigenvalue weighted by molar-refractivity contribution is 0.0913. The zero-order chi connectivity index (χ0) is 20.9. The summed E-state index contributed by atoms with van der Waals surface area (Å²) in [5.41, 5.74) is 1.98. The number of aromatic nitrogens is 5. The molecule has 1 amide bonds. The lowest BCUT2D eigenvalue weighted by Crippen LogP contribution is -2.32. The first-order valence-corrected chi connectivity index (χ1v) is 9.54. The van der Waals surface area contributed by atoms with Crippen molar-refractivity contribution >= 4 is 5.91 Å². The van der Waals surface area contributed by atoms with Gasteiger partial charge in [-0.05, 0) is 18.1 Å². The van der Waals surface area contributed by atoms with Gasteiger partial charge < -0.3 is 9.84 Å². The fourth-order valence-corrected chi connectivity index (χ4v) is 2.89. The van der Waals surface area contributed by atoms with Crippen LogP contribution in [0.4, 0.5) is 0 Å². The average molecular weight is 400 g/mol. The Labute approximate surface area is 173 Å². The van der Waals surface area contributed by atoms with Crippen molar-refractivity contribution in [2.45, 2.75) is 19.9 Å². The fourth-order valence-electron chi connectivity index (χ4n) is 2.89. The number of nitrogens with zero attached hydrogens (tertiary/aromatic N) is 5. The Balaban J connectivity index is 1.51. The number of carbonyl (C=O) groups excluding carboxylic acids is 1. The number of pyridine rings is 1. The number of amides is 1. The van der Waals surface area contributed by atoms with Crippen molar-refractivity contribution < 1.29 is 9.32 Å². The van der Waals surface area contributed by atoms with E-state index in [1.165, 1.54) is 12.4 Å². The van der Waals surface area contributed by atoms with E-state index in [4.69, 9.17) is 4.52 Å². The Hall–Kier alpha value is -3.94. The summed E-state index contributed by atoms with van der Waals surface area (Å²) in [6, 6.07) is 12.8. The fraction of sp³-hybridized carbons (Fsp3) is 0.182. The highest BCUT2D eigenvalue weighted by Gasteiger charge is 2.25. The van der Waals surface area contributed by atoms with Gasteiger partial charge >= 0.3 is 0 Å². The Morgan fingerprint density at radius 1 is 0.933 bits per heavy atom. The van der Waals surface area contributed by atoms with Gasteiger partial charge in [0, 0.05) is 35.9 Å². The number of hydrogen-bond acceptors (Lipinski definition) is 7. The van der Waals surface area contributed by atoms with E-state index in [9.17, 15) is 4.79 Å². The van der Waals surface area contributed by atoms with Gasteiger partial charge in [0.1, 0.15) is 6.04 Å². The lowest BCUT2D eigenvalue weighted by atomic mass is 10.0. The molecule has 0 spiro atoms. The molecular weight excluding hydrogens is 380 g/mol. The van der Waals surface area contributed by atoms with Crippen LogP contribution in [-0.4, -0.2) is 31.0 Å². The van der Waals surface area contributed by atoms with Crippen LogP contribution in [0.3, 0.4) is 0 Å². The van der Waals surface area contributed by atoms with E-state index in [-0.39, 0.29) is 11.8 Å². The van der Waals surface area contributed by atoms with E-state index in [2.05, 4.69) is 30.4 Å². The zero-order valence-corrected chi connectivity index (χ0v) is 16.6. The second kappa shape index (κ2) is 8.60. The largest absolute Gasteiger partial charge is 0.340 e. The average Bonchev–Trinajstić information content (AvgIpc) is 3.28. The van der Waals surface area contributed by atoms with Gasteiger partial charge in [-0.25, -0.2) is 9.97 Å². The van der Waals surface area contributed by atoms with Crippen molar-refractivity contribution in [1.29, 1.82) is 0 Å². The number of hydrogen-bond donors (Lipinski definition) is 1. The molecule has 0 radical (unpaired) electrons. The molecule has 0 bridgehead atoms. The topological polar surface area (TPSA) is 107 Å². The minimum absolute atomic E-state index is 0.0284. The summed E-state index contributed by atoms with van der Waals surface area (Å²) >= 11 is 0. The Morgan fingerprint density at radius 2 is 1.67 bits per heavy atom. The Kier molecular flexibility index (Phi) is 5.56. The van der Waals surface area contributed by atoms with Gasteiger partial charge in [-0.1, -0.05) is 49.3 Å². The molecule has 4 rings (SSSR count). The lowest BCUT2D eigenvalue weighted by Gasteiger charge is -2.18. The first kappa shape index (κ1) is 19.4. The molecule has 1 N–H and O–H groups in total. The SMILES string of the molecule is CC(C)C(NC(=O)c1cnc(-c2ccccc2)nc1)c1nc(-c2cccnc2)no1. The third-order valence-electron chi connectivity index (χ3n) is 4.53. The van der Waals surface area contributed by atoms with E-state index in [0.29, 0.717) is 23.1 Å². The first-order chi connectivity index (χ1) is 14.6. The second-order valence-electron chi connectivity index (χ2n) is 7.05. The normalized spacial score (nSPS) is 12.0. The van der Waals surface area contributed by atoms with Gasteiger partial charge in [-0.3, -0.25) is 9.78 Å². The van der Waals surface area contributed by atoms with Gasteiger partial charge in [-0.15, -0.1) is 0 Å². The molecule has 1 unspecified atom stereocenters. The minimum atomic E-state index is -0.454. The van der Waals surface area contributed by atoms with E-state index in [0.717, 1.165) is 11.1 Å². The third kappa shape index (κ3) is 4.22. The van der Waals surface area contributed by atoms with Crippen LogP contribution in [0.1, 0.15) is 36.1 Å². The molecule has 3 heterocycles. The maximum absolute atomic E-state index is 12.8. The molecule has 0 aliphatic carbocycles. The van der Waals surface area contributed by atoms with Crippen molar-refractivity contribution in [3.63, 3.8) is 0 Å². The maximum Gasteiger partial charge on any atom is 0.255 e. The van der Waals surface area contributed by atoms with Gasteiger partial charge in [0.25, 0.3) is 5.91 Å². The highest BCUT2D eigenvalue weighted by molar-refractivity contribution is 5.94. The van der Waals surface area contributed by atoms with Crippen LogP contribution in [0.5, 0.6) is 0 Å². The molecule has 0 aliphatic rings. The molecule has 0 saturated heterocycles. The molecular formula is C22H20N6O2. The van der Waals surface area contributed by atoms with Crippen molar-refractivity contribution in [3.05, 3.63) is 78.7 Å². The number of carbonyl (C=O) groups is 1. The monoisotopic (exact) mass is 400 g/mol. The quantitative estimate of drug-likeness (QED) is 0.526. The molecule has 150 valence electrons. The number of rotatable bonds is 6. The molecule has 30 heavy (non-hydrogen) atoms. The predicted octanol–water partition coefficient (Wildman–Crippen LogP) is 3.72. The number of benzene rings is 1. The smallest absolute Gasteiger partial charge is 0.255 e. The van der Waals surface area contributed by atoms with Crippen molar-refractivity contribution in [1.82, 2.24) is 30.4 Å². The second-order valence-corrected chi connectivity index (χ2v) is 7.05. The highest BCUT2D eigenvalue weighted by atomic mass is 16.5. The van der Waals surface area contributed by atoms with E-state index in [1.54, 1.807) is 18.5 Å². The van der Waals surface area contributed by atoms with Gasteiger partial charge in [0.2, 0.25) is 11.7 Å². The summed E-state index contributed by atoms with van der Waals surface area (Å²) < 4.78 is 5.42. The summed E-state index contributed by atoms with van der Waals surface area (Å²) in [4.78, 5) is 29.9. The predicted molar refractivity (Wildman–Crippen MR) is 110 cm³/mol. The van der Waals surface area contributed by atoms with Crippen LogP contribution in [0.2, 0.25) is 0 Å². The highest BCUT2D eigenvalue weighted by Crippen LogP contribution is 2.23. The first-order valence-electron chi connectivity index (χ1n) is 9.54. The van der Waals surface area contributed by atoms with Crippen LogP contribution in [0.25, 0.3) is 22.8 Å².